The first-order valence-electron chi connectivity index (χ1n) is 10.4. The Labute approximate surface area is 150 Å². The van der Waals surface area contributed by atoms with Gasteiger partial charge in [0.05, 0.1) is 0 Å². The maximum absolute atomic E-state index is 12.0. The van der Waals surface area contributed by atoms with Gasteiger partial charge in [-0.2, -0.15) is 0 Å². The summed E-state index contributed by atoms with van der Waals surface area (Å²) in [6, 6.07) is 0. The first kappa shape index (κ1) is 14.9. The molecule has 3 nitrogen and oxygen atoms in total. The topological polar surface area (TPSA) is 52.3 Å². The highest BCUT2D eigenvalue weighted by molar-refractivity contribution is 5.73. The summed E-state index contributed by atoms with van der Waals surface area (Å²) in [4.78, 5) is 12.0. The van der Waals surface area contributed by atoms with E-state index in [4.69, 9.17) is 10.5 Å². The van der Waals surface area contributed by atoms with Crippen LogP contribution in [0.2, 0.25) is 0 Å². The summed E-state index contributed by atoms with van der Waals surface area (Å²) in [5, 5.41) is 0. The molecule has 1 aliphatic heterocycles. The van der Waals surface area contributed by atoms with E-state index in [1.807, 2.05) is 0 Å². The molecule has 25 heavy (non-hydrogen) atoms. The van der Waals surface area contributed by atoms with Crippen LogP contribution in [0.5, 0.6) is 0 Å². The van der Waals surface area contributed by atoms with Gasteiger partial charge in [-0.15, -0.1) is 0 Å². The molecule has 0 aromatic heterocycles. The van der Waals surface area contributed by atoms with E-state index in [1.165, 1.54) is 38.5 Å². The molecule has 3 saturated carbocycles. The summed E-state index contributed by atoms with van der Waals surface area (Å²) < 4.78 is 6.16. The van der Waals surface area contributed by atoms with Crippen LogP contribution in [0.3, 0.4) is 0 Å². The Morgan fingerprint density at radius 1 is 1.12 bits per heavy atom. The molecule has 6 aliphatic rings. The van der Waals surface area contributed by atoms with Crippen LogP contribution in [0.1, 0.15) is 64.7 Å². The number of hydrogen-bond donors (Lipinski definition) is 1. The average Bonchev–Trinajstić information content (AvgIpc) is 3.23. The molecule has 1 heterocycles. The third-order valence-corrected chi connectivity index (χ3v) is 9.20. The summed E-state index contributed by atoms with van der Waals surface area (Å²) in [7, 11) is 0. The Bertz CT molecular complexity index is 736. The summed E-state index contributed by atoms with van der Waals surface area (Å²) in [5.74, 6) is 3.94. The van der Waals surface area contributed by atoms with Crippen molar-refractivity contribution in [1.29, 1.82) is 0 Å². The predicted octanol–water partition coefficient (Wildman–Crippen LogP) is 4.09. The van der Waals surface area contributed by atoms with Gasteiger partial charge in [0.2, 0.25) is 0 Å². The standard InChI is InChI=1S/C22H29NO2/c1-21-8-6-15-14-5-3-13(23)10-12(14)2-4-16(15)20(21)17-11-18(17)22(21)9-7-19(24)25-22/h10,15-18,20H,2-9,11,23H2,1H3/t15?,16?,17?,18?,20?,21-,22-/m0/s1. The van der Waals surface area contributed by atoms with Crippen molar-refractivity contribution < 1.29 is 9.53 Å². The third kappa shape index (κ3) is 1.66. The number of fused-ring (bicyclic) bond motifs is 8. The fourth-order valence-electron chi connectivity index (χ4n) is 8.29. The second kappa shape index (κ2) is 4.53. The molecule has 0 bridgehead atoms. The van der Waals surface area contributed by atoms with E-state index < -0.39 is 0 Å². The highest BCUT2D eigenvalue weighted by Crippen LogP contribution is 2.78. The number of carbonyl (C=O) groups excluding carboxylic acids is 1. The van der Waals surface area contributed by atoms with Crippen LogP contribution in [0.15, 0.2) is 22.9 Å². The quantitative estimate of drug-likeness (QED) is 0.676. The van der Waals surface area contributed by atoms with Crippen LogP contribution in [0.4, 0.5) is 0 Å². The smallest absolute Gasteiger partial charge is 0.306 e. The first-order chi connectivity index (χ1) is 12.0. The van der Waals surface area contributed by atoms with Crippen molar-refractivity contribution in [3.63, 3.8) is 0 Å². The van der Waals surface area contributed by atoms with Crippen LogP contribution in [0, 0.1) is 35.0 Å². The Kier molecular flexibility index (Phi) is 2.69. The summed E-state index contributed by atoms with van der Waals surface area (Å²) in [6.45, 7) is 2.49. The van der Waals surface area contributed by atoms with Crippen LogP contribution < -0.4 is 5.73 Å². The van der Waals surface area contributed by atoms with Gasteiger partial charge < -0.3 is 10.5 Å². The van der Waals surface area contributed by atoms with E-state index in [2.05, 4.69) is 13.0 Å². The van der Waals surface area contributed by atoms with E-state index in [0.29, 0.717) is 12.3 Å². The predicted molar refractivity (Wildman–Crippen MR) is 95.2 cm³/mol. The van der Waals surface area contributed by atoms with Crippen LogP contribution in [0.25, 0.3) is 0 Å². The molecule has 6 rings (SSSR count). The minimum Gasteiger partial charge on any atom is -0.458 e. The first-order valence-corrected chi connectivity index (χ1v) is 10.4. The number of allylic oxidation sites excluding steroid dienone is 4. The molecule has 2 N–H and O–H groups in total. The number of rotatable bonds is 0. The van der Waals surface area contributed by atoms with Gasteiger partial charge in [0.25, 0.3) is 0 Å². The van der Waals surface area contributed by atoms with Gasteiger partial charge in [-0.3, -0.25) is 4.79 Å². The van der Waals surface area contributed by atoms with Crippen molar-refractivity contribution in [2.24, 2.45) is 40.7 Å². The zero-order valence-corrected chi connectivity index (χ0v) is 15.2. The largest absolute Gasteiger partial charge is 0.458 e. The molecule has 1 spiro atoms. The molecule has 5 unspecified atom stereocenters. The molecule has 0 amide bonds. The average molecular weight is 339 g/mol. The minimum absolute atomic E-state index is 0.0659. The summed E-state index contributed by atoms with van der Waals surface area (Å²) in [5.41, 5.74) is 10.6. The molecule has 7 atom stereocenters. The van der Waals surface area contributed by atoms with Crippen molar-refractivity contribution >= 4 is 5.97 Å². The molecular formula is C22H29NO2. The minimum atomic E-state index is -0.101. The number of carbonyl (C=O) groups is 1. The number of hydrogen-bond acceptors (Lipinski definition) is 3. The van der Waals surface area contributed by atoms with Crippen molar-refractivity contribution in [2.45, 2.75) is 70.3 Å². The number of nitrogens with two attached hydrogens (primary N) is 1. The Morgan fingerprint density at radius 3 is 2.80 bits per heavy atom. The molecule has 3 heteroatoms. The Morgan fingerprint density at radius 2 is 2.00 bits per heavy atom. The van der Waals surface area contributed by atoms with Gasteiger partial charge in [0.15, 0.2) is 0 Å². The lowest BCUT2D eigenvalue weighted by Gasteiger charge is -2.55. The van der Waals surface area contributed by atoms with E-state index >= 15 is 0 Å². The zero-order valence-electron chi connectivity index (χ0n) is 15.2. The maximum atomic E-state index is 12.0. The highest BCUT2D eigenvalue weighted by atomic mass is 16.6. The van der Waals surface area contributed by atoms with E-state index in [-0.39, 0.29) is 17.0 Å². The maximum Gasteiger partial charge on any atom is 0.306 e. The van der Waals surface area contributed by atoms with Gasteiger partial charge in [0, 0.05) is 23.5 Å². The summed E-state index contributed by atoms with van der Waals surface area (Å²) in [6.07, 6.45) is 12.6. The van der Waals surface area contributed by atoms with E-state index in [0.717, 1.165) is 42.2 Å². The SMILES string of the molecule is C[C@]12CCC3C4=C(C=C(N)CC4)CCC3C1C1CC1[C@@]21CCC(=O)O1. The summed E-state index contributed by atoms with van der Waals surface area (Å²) >= 11 is 0. The van der Waals surface area contributed by atoms with Crippen LogP contribution in [-0.2, 0) is 9.53 Å². The molecule has 5 aliphatic carbocycles. The van der Waals surface area contributed by atoms with Gasteiger partial charge in [-0.1, -0.05) is 12.5 Å². The van der Waals surface area contributed by atoms with Gasteiger partial charge in [-0.05, 0) is 86.7 Å². The lowest BCUT2D eigenvalue weighted by Crippen LogP contribution is -2.54. The monoisotopic (exact) mass is 339 g/mol. The molecule has 1 saturated heterocycles. The van der Waals surface area contributed by atoms with Gasteiger partial charge in [0.1, 0.15) is 5.60 Å². The van der Waals surface area contributed by atoms with Crippen LogP contribution in [-0.4, -0.2) is 11.6 Å². The Balaban J connectivity index is 1.39. The molecule has 134 valence electrons. The van der Waals surface area contributed by atoms with E-state index in [9.17, 15) is 4.79 Å². The Hall–Kier alpha value is -1.25. The number of ether oxygens (including phenoxy) is 1. The van der Waals surface area contributed by atoms with Gasteiger partial charge >= 0.3 is 5.97 Å². The molecular weight excluding hydrogens is 310 g/mol. The van der Waals surface area contributed by atoms with Crippen molar-refractivity contribution in [1.82, 2.24) is 0 Å². The highest BCUT2D eigenvalue weighted by Gasteiger charge is 2.78. The van der Waals surface area contributed by atoms with Crippen molar-refractivity contribution in [2.75, 3.05) is 0 Å². The molecule has 0 aromatic rings. The molecule has 0 aromatic carbocycles. The fraction of sp³-hybridized carbons (Fsp3) is 0.773. The lowest BCUT2D eigenvalue weighted by molar-refractivity contribution is -0.171. The fourth-order valence-corrected chi connectivity index (χ4v) is 8.29. The second-order valence-corrected chi connectivity index (χ2v) is 9.93. The zero-order chi connectivity index (χ0) is 17.0. The number of esters is 1. The van der Waals surface area contributed by atoms with Crippen molar-refractivity contribution in [3.8, 4) is 0 Å². The van der Waals surface area contributed by atoms with E-state index in [1.54, 1.807) is 11.1 Å². The van der Waals surface area contributed by atoms with Crippen LogP contribution >= 0.6 is 0 Å². The third-order valence-electron chi connectivity index (χ3n) is 9.20. The normalized spacial score (nSPS) is 52.9. The molecule has 0 radical (unpaired) electrons. The van der Waals surface area contributed by atoms with Crippen molar-refractivity contribution in [3.05, 3.63) is 22.9 Å². The second-order valence-electron chi connectivity index (χ2n) is 9.93. The molecule has 4 fully saturated rings. The van der Waals surface area contributed by atoms with Gasteiger partial charge in [-0.25, -0.2) is 0 Å². The lowest BCUT2D eigenvalue weighted by atomic mass is 9.50.